The molecule has 1 fully saturated rings. The average Bonchev–Trinajstić information content (AvgIpc) is 2.68. The molecule has 4 unspecified atom stereocenters. The molecular formula is C15H28O12. The van der Waals surface area contributed by atoms with E-state index in [4.69, 9.17) is 19.7 Å². The second-order valence-corrected chi connectivity index (χ2v) is 6.15. The predicted octanol–water partition coefficient (Wildman–Crippen LogP) is -4.80. The van der Waals surface area contributed by atoms with Gasteiger partial charge in [-0.05, 0) is 6.42 Å². The lowest BCUT2D eigenvalue weighted by Crippen LogP contribution is -2.61. The van der Waals surface area contributed by atoms with Crippen LogP contribution in [0.5, 0.6) is 0 Å². The third-order valence-electron chi connectivity index (χ3n) is 4.06. The molecule has 0 saturated carbocycles. The molecule has 8 N–H and O–H groups in total. The highest BCUT2D eigenvalue weighted by molar-refractivity contribution is 5.75. The summed E-state index contributed by atoms with van der Waals surface area (Å²) < 4.78 is 14.9. The first-order valence-corrected chi connectivity index (χ1v) is 8.47. The Labute approximate surface area is 155 Å². The van der Waals surface area contributed by atoms with Crippen molar-refractivity contribution < 1.29 is 59.9 Å². The topological polar surface area (TPSA) is 207 Å². The van der Waals surface area contributed by atoms with E-state index in [1.54, 1.807) is 6.92 Å². The van der Waals surface area contributed by atoms with Crippen molar-refractivity contribution in [3.63, 3.8) is 0 Å². The average molecular weight is 400 g/mol. The number of aliphatic hydroxyl groups is 8. The van der Waals surface area contributed by atoms with Gasteiger partial charge in [0.15, 0.2) is 12.4 Å². The molecular weight excluding hydrogens is 372 g/mol. The third-order valence-corrected chi connectivity index (χ3v) is 4.06. The van der Waals surface area contributed by atoms with Gasteiger partial charge in [-0.1, -0.05) is 6.92 Å². The molecule has 1 aliphatic heterocycles. The molecule has 1 rings (SSSR count). The van der Waals surface area contributed by atoms with E-state index in [9.17, 15) is 35.4 Å². The second-order valence-electron chi connectivity index (χ2n) is 6.15. The summed E-state index contributed by atoms with van der Waals surface area (Å²) >= 11 is 0. The molecule has 0 aromatic rings. The summed E-state index contributed by atoms with van der Waals surface area (Å²) in [5, 5.41) is 77.6. The molecule has 12 nitrogen and oxygen atoms in total. The largest absolute Gasteiger partial charge is 0.464 e. The second kappa shape index (κ2) is 11.2. The van der Waals surface area contributed by atoms with Crippen LogP contribution in [0, 0.1) is 0 Å². The Balaban J connectivity index is 2.92. The van der Waals surface area contributed by atoms with Crippen molar-refractivity contribution in [1.29, 1.82) is 0 Å². The molecule has 9 atom stereocenters. The van der Waals surface area contributed by atoms with Crippen molar-refractivity contribution >= 4 is 5.97 Å². The Morgan fingerprint density at radius 3 is 2.22 bits per heavy atom. The maximum absolute atomic E-state index is 11.7. The molecule has 1 aliphatic rings. The molecule has 0 radical (unpaired) electrons. The van der Waals surface area contributed by atoms with Crippen LogP contribution in [0.15, 0.2) is 0 Å². The van der Waals surface area contributed by atoms with E-state index in [-0.39, 0.29) is 6.61 Å². The minimum Gasteiger partial charge on any atom is -0.464 e. The van der Waals surface area contributed by atoms with Crippen molar-refractivity contribution in [1.82, 2.24) is 0 Å². The molecule has 0 aromatic carbocycles. The number of carbonyl (C=O) groups is 1. The summed E-state index contributed by atoms with van der Waals surface area (Å²) in [4.78, 5) is 11.7. The number of carbonyl (C=O) groups excluding carboxylic acids is 1. The van der Waals surface area contributed by atoms with Gasteiger partial charge in [0.1, 0.15) is 42.7 Å². The molecule has 1 saturated heterocycles. The van der Waals surface area contributed by atoms with Crippen LogP contribution in [-0.4, -0.2) is 122 Å². The summed E-state index contributed by atoms with van der Waals surface area (Å²) in [5.41, 5.74) is 0. The quantitative estimate of drug-likeness (QED) is 0.163. The Morgan fingerprint density at radius 2 is 1.70 bits per heavy atom. The lowest BCUT2D eigenvalue weighted by molar-refractivity contribution is -0.326. The highest BCUT2D eigenvalue weighted by Crippen LogP contribution is 2.25. The van der Waals surface area contributed by atoms with E-state index >= 15 is 0 Å². The lowest BCUT2D eigenvalue weighted by atomic mass is 9.98. The summed E-state index contributed by atoms with van der Waals surface area (Å²) in [6.07, 6.45) is -15.8. The van der Waals surface area contributed by atoms with Gasteiger partial charge < -0.3 is 55.1 Å². The van der Waals surface area contributed by atoms with E-state index in [0.717, 1.165) is 0 Å². The number of ether oxygens (including phenoxy) is 3. The number of rotatable bonds is 10. The molecule has 0 bridgehead atoms. The molecule has 0 aromatic heterocycles. The fourth-order valence-electron chi connectivity index (χ4n) is 2.44. The van der Waals surface area contributed by atoms with Crippen molar-refractivity contribution in [2.75, 3.05) is 19.8 Å². The molecule has 160 valence electrons. The van der Waals surface area contributed by atoms with Crippen molar-refractivity contribution in [3.8, 4) is 0 Å². The first kappa shape index (κ1) is 24.1. The van der Waals surface area contributed by atoms with Gasteiger partial charge in [0, 0.05) is 0 Å². The normalized spacial score (nSPS) is 33.1. The van der Waals surface area contributed by atoms with Gasteiger partial charge in [-0.2, -0.15) is 0 Å². The smallest absolute Gasteiger partial charge is 0.337 e. The van der Waals surface area contributed by atoms with Crippen molar-refractivity contribution in [3.05, 3.63) is 0 Å². The van der Waals surface area contributed by atoms with Gasteiger partial charge in [0.05, 0.1) is 19.8 Å². The lowest BCUT2D eigenvalue weighted by Gasteiger charge is -2.42. The molecule has 1 heterocycles. The highest BCUT2D eigenvalue weighted by Gasteiger charge is 2.47. The summed E-state index contributed by atoms with van der Waals surface area (Å²) in [6.45, 7) is -0.0114. The summed E-state index contributed by atoms with van der Waals surface area (Å²) in [7, 11) is 0. The SMILES string of the molecule is CCCOC(=O)C(O)C(O)C(O[C@H]1O[C@H](CO)[C@@H](O)[C@H](O)[C@H]1O)C(O)CO. The van der Waals surface area contributed by atoms with E-state index in [0.29, 0.717) is 6.42 Å². The maximum atomic E-state index is 11.7. The molecule has 0 spiro atoms. The molecule has 27 heavy (non-hydrogen) atoms. The van der Waals surface area contributed by atoms with E-state index in [1.165, 1.54) is 0 Å². The van der Waals surface area contributed by atoms with Crippen LogP contribution in [-0.2, 0) is 19.0 Å². The third kappa shape index (κ3) is 6.02. The Hall–Kier alpha value is -0.930. The minimum absolute atomic E-state index is 0.0244. The van der Waals surface area contributed by atoms with Crippen LogP contribution >= 0.6 is 0 Å². The number of hydrogen-bond acceptors (Lipinski definition) is 12. The minimum atomic E-state index is -2.15. The van der Waals surface area contributed by atoms with Crippen LogP contribution in [0.3, 0.4) is 0 Å². The molecule has 12 heteroatoms. The van der Waals surface area contributed by atoms with Crippen LogP contribution in [0.4, 0.5) is 0 Å². The number of hydrogen-bond donors (Lipinski definition) is 8. The fraction of sp³-hybridized carbons (Fsp3) is 0.933. The molecule has 0 amide bonds. The summed E-state index contributed by atoms with van der Waals surface area (Å²) in [5.74, 6) is -1.20. The summed E-state index contributed by atoms with van der Waals surface area (Å²) in [6, 6.07) is 0. The van der Waals surface area contributed by atoms with Gasteiger partial charge >= 0.3 is 5.97 Å². The Morgan fingerprint density at radius 1 is 1.07 bits per heavy atom. The zero-order valence-corrected chi connectivity index (χ0v) is 14.7. The van der Waals surface area contributed by atoms with Crippen molar-refractivity contribution in [2.24, 2.45) is 0 Å². The fourth-order valence-corrected chi connectivity index (χ4v) is 2.44. The monoisotopic (exact) mass is 400 g/mol. The van der Waals surface area contributed by atoms with Crippen molar-refractivity contribution in [2.45, 2.75) is 68.5 Å². The van der Waals surface area contributed by atoms with E-state index in [2.05, 4.69) is 4.74 Å². The van der Waals surface area contributed by atoms with Crippen LogP contribution in [0.2, 0.25) is 0 Å². The first-order valence-electron chi connectivity index (χ1n) is 8.47. The van der Waals surface area contributed by atoms with Gasteiger partial charge in [-0.3, -0.25) is 0 Å². The highest BCUT2D eigenvalue weighted by atomic mass is 16.7. The predicted molar refractivity (Wildman–Crippen MR) is 85.0 cm³/mol. The zero-order chi connectivity index (χ0) is 20.7. The van der Waals surface area contributed by atoms with Gasteiger partial charge in [0.25, 0.3) is 0 Å². The standard InChI is InChI=1S/C15H28O12/c1-2-3-25-14(24)11(22)10(21)13(6(18)4-16)27-15-12(23)9(20)8(19)7(5-17)26-15/h6-13,15-23H,2-5H2,1H3/t6?,7-,8-,9+,10?,11?,12-,13?,15-/m1/s1. The van der Waals surface area contributed by atoms with Gasteiger partial charge in [0.2, 0.25) is 0 Å². The molecule has 0 aliphatic carbocycles. The van der Waals surface area contributed by atoms with Crippen LogP contribution < -0.4 is 0 Å². The maximum Gasteiger partial charge on any atom is 0.337 e. The zero-order valence-electron chi connectivity index (χ0n) is 14.7. The van der Waals surface area contributed by atoms with Crippen LogP contribution in [0.1, 0.15) is 13.3 Å². The van der Waals surface area contributed by atoms with Crippen LogP contribution in [0.25, 0.3) is 0 Å². The van der Waals surface area contributed by atoms with E-state index < -0.39 is 74.3 Å². The van der Waals surface area contributed by atoms with E-state index in [1.807, 2.05) is 0 Å². The van der Waals surface area contributed by atoms with Gasteiger partial charge in [-0.15, -0.1) is 0 Å². The number of aliphatic hydroxyl groups excluding tert-OH is 8. The van der Waals surface area contributed by atoms with Gasteiger partial charge in [-0.25, -0.2) is 4.79 Å². The Kier molecular flexibility index (Phi) is 9.97. The Bertz CT molecular complexity index is 447. The number of esters is 1. The first-order chi connectivity index (χ1) is 12.7.